The molecule has 154 valence electrons. The van der Waals surface area contributed by atoms with Crippen LogP contribution in [0.15, 0.2) is 12.1 Å². The van der Waals surface area contributed by atoms with Crippen molar-refractivity contribution in [2.45, 2.75) is 40.5 Å². The molecule has 1 amide bonds. The third-order valence-corrected chi connectivity index (χ3v) is 4.66. The molecule has 1 aliphatic rings. The Morgan fingerprint density at radius 2 is 1.56 bits per heavy atom. The van der Waals surface area contributed by atoms with Crippen molar-refractivity contribution in [3.05, 3.63) is 17.7 Å². The molecule has 0 unspecified atom stereocenters. The second-order valence-corrected chi connectivity index (χ2v) is 6.84. The van der Waals surface area contributed by atoms with Crippen molar-refractivity contribution in [1.82, 2.24) is 10.6 Å². The zero-order valence-corrected chi connectivity index (χ0v) is 17.7. The van der Waals surface area contributed by atoms with Gasteiger partial charge >= 0.3 is 0 Å². The topological polar surface area (TPSA) is 68.8 Å². The monoisotopic (exact) mass is 400 g/mol. The third-order valence-electron chi connectivity index (χ3n) is 4.66. The van der Waals surface area contributed by atoms with E-state index in [-0.39, 0.29) is 23.7 Å². The molecule has 0 spiro atoms. The second-order valence-electron chi connectivity index (χ2n) is 6.84. The van der Waals surface area contributed by atoms with Crippen molar-refractivity contribution < 1.29 is 19.0 Å². The number of carbonyl (C=O) groups is 1. The van der Waals surface area contributed by atoms with Gasteiger partial charge in [0.05, 0.1) is 19.8 Å². The van der Waals surface area contributed by atoms with Gasteiger partial charge in [-0.05, 0) is 64.3 Å². The van der Waals surface area contributed by atoms with Gasteiger partial charge in [0.1, 0.15) is 0 Å². The van der Waals surface area contributed by atoms with Crippen molar-refractivity contribution in [3.8, 4) is 17.2 Å². The van der Waals surface area contributed by atoms with E-state index < -0.39 is 0 Å². The summed E-state index contributed by atoms with van der Waals surface area (Å²) in [5.74, 6) is 1.52. The number of ether oxygens (including phenoxy) is 3. The van der Waals surface area contributed by atoms with Gasteiger partial charge in [0, 0.05) is 12.1 Å². The molecule has 0 aromatic heterocycles. The lowest BCUT2D eigenvalue weighted by molar-refractivity contribution is 0.0921. The highest BCUT2D eigenvalue weighted by atomic mass is 35.5. The molecule has 0 bridgehead atoms. The number of carbonyl (C=O) groups excluding carboxylic acids is 1. The molecule has 2 N–H and O–H groups in total. The Kier molecular flexibility index (Phi) is 9.74. The Balaban J connectivity index is 0.00000364. The number of hydrogen-bond acceptors (Lipinski definition) is 5. The molecule has 0 atom stereocenters. The second kappa shape index (κ2) is 11.2. The van der Waals surface area contributed by atoms with Gasteiger partial charge in [-0.15, -0.1) is 12.4 Å². The predicted molar refractivity (Wildman–Crippen MR) is 110 cm³/mol. The van der Waals surface area contributed by atoms with Crippen LogP contribution in [0.3, 0.4) is 0 Å². The van der Waals surface area contributed by atoms with E-state index >= 15 is 0 Å². The van der Waals surface area contributed by atoms with E-state index in [1.807, 2.05) is 20.8 Å². The molecule has 1 heterocycles. The number of rotatable bonds is 9. The van der Waals surface area contributed by atoms with Gasteiger partial charge in [-0.3, -0.25) is 4.79 Å². The van der Waals surface area contributed by atoms with E-state index in [1.165, 1.54) is 0 Å². The standard InChI is InChI=1S/C20H32N2O4.ClH/c1-5-24-16-12-15(13-17(25-6-2)18(16)26-7-3)19(23)22-14-20(4)8-10-21-11-9-20;/h12-13,21H,5-11,14H2,1-4H3,(H,22,23);1H. The molecule has 7 heteroatoms. The number of piperidine rings is 1. The van der Waals surface area contributed by atoms with E-state index in [0.29, 0.717) is 49.2 Å². The molecule has 1 aromatic rings. The van der Waals surface area contributed by atoms with Gasteiger partial charge in [-0.2, -0.15) is 0 Å². The first-order valence-electron chi connectivity index (χ1n) is 9.58. The first-order valence-corrected chi connectivity index (χ1v) is 9.58. The number of hydrogen-bond donors (Lipinski definition) is 2. The van der Waals surface area contributed by atoms with Crippen molar-refractivity contribution in [3.63, 3.8) is 0 Å². The molecule has 1 aliphatic heterocycles. The predicted octanol–water partition coefficient (Wildman–Crippen LogP) is 3.42. The van der Waals surface area contributed by atoms with Crippen LogP contribution in [0.4, 0.5) is 0 Å². The maximum atomic E-state index is 12.7. The fraction of sp³-hybridized carbons (Fsp3) is 0.650. The van der Waals surface area contributed by atoms with Crippen LogP contribution < -0.4 is 24.8 Å². The van der Waals surface area contributed by atoms with Gasteiger partial charge in [-0.25, -0.2) is 0 Å². The van der Waals surface area contributed by atoms with Gasteiger partial charge < -0.3 is 24.8 Å². The fourth-order valence-electron chi connectivity index (χ4n) is 3.12. The summed E-state index contributed by atoms with van der Waals surface area (Å²) in [6.07, 6.45) is 2.12. The van der Waals surface area contributed by atoms with Crippen molar-refractivity contribution in [2.75, 3.05) is 39.5 Å². The first-order chi connectivity index (χ1) is 12.5. The minimum atomic E-state index is -0.116. The van der Waals surface area contributed by atoms with E-state index in [2.05, 4.69) is 17.6 Å². The summed E-state index contributed by atoms with van der Waals surface area (Å²) in [6, 6.07) is 3.47. The molecule has 1 saturated heterocycles. The van der Waals surface area contributed by atoms with Crippen LogP contribution >= 0.6 is 12.4 Å². The zero-order chi connectivity index (χ0) is 19.0. The molecule has 0 radical (unpaired) electrons. The van der Waals surface area contributed by atoms with Crippen LogP contribution in [-0.4, -0.2) is 45.4 Å². The van der Waals surface area contributed by atoms with E-state index in [1.54, 1.807) is 12.1 Å². The van der Waals surface area contributed by atoms with Crippen molar-refractivity contribution in [2.24, 2.45) is 5.41 Å². The molecule has 0 saturated carbocycles. The van der Waals surface area contributed by atoms with Crippen molar-refractivity contribution >= 4 is 18.3 Å². The number of nitrogens with one attached hydrogen (secondary N) is 2. The van der Waals surface area contributed by atoms with Crippen LogP contribution in [0.1, 0.15) is 50.9 Å². The van der Waals surface area contributed by atoms with Gasteiger partial charge in [-0.1, -0.05) is 6.92 Å². The largest absolute Gasteiger partial charge is 0.490 e. The Morgan fingerprint density at radius 3 is 2.04 bits per heavy atom. The first kappa shape index (κ1) is 23.4. The quantitative estimate of drug-likeness (QED) is 0.664. The number of halogens is 1. The van der Waals surface area contributed by atoms with Crippen molar-refractivity contribution in [1.29, 1.82) is 0 Å². The Hall–Kier alpha value is -1.66. The summed E-state index contributed by atoms with van der Waals surface area (Å²) >= 11 is 0. The maximum Gasteiger partial charge on any atom is 0.251 e. The Morgan fingerprint density at radius 1 is 1.04 bits per heavy atom. The SMILES string of the molecule is CCOc1cc(C(=O)NCC2(C)CCNCC2)cc(OCC)c1OCC.Cl. The van der Waals surface area contributed by atoms with E-state index in [9.17, 15) is 4.79 Å². The maximum absolute atomic E-state index is 12.7. The zero-order valence-electron chi connectivity index (χ0n) is 16.9. The van der Waals surface area contributed by atoms with Crippen LogP contribution in [0.2, 0.25) is 0 Å². The average molecular weight is 401 g/mol. The van der Waals surface area contributed by atoms with Gasteiger partial charge in [0.2, 0.25) is 5.75 Å². The molecular weight excluding hydrogens is 368 g/mol. The highest BCUT2D eigenvalue weighted by Gasteiger charge is 2.27. The molecule has 27 heavy (non-hydrogen) atoms. The normalized spacial score (nSPS) is 15.4. The minimum absolute atomic E-state index is 0. The third kappa shape index (κ3) is 6.47. The Labute approximate surface area is 168 Å². The average Bonchev–Trinajstić information content (AvgIpc) is 2.63. The highest BCUT2D eigenvalue weighted by Crippen LogP contribution is 2.39. The smallest absolute Gasteiger partial charge is 0.251 e. The molecule has 1 fully saturated rings. The molecule has 6 nitrogen and oxygen atoms in total. The summed E-state index contributed by atoms with van der Waals surface area (Å²) in [6.45, 7) is 12.1. The van der Waals surface area contributed by atoms with E-state index in [0.717, 1.165) is 25.9 Å². The molecule has 1 aromatic carbocycles. The van der Waals surface area contributed by atoms with E-state index in [4.69, 9.17) is 14.2 Å². The van der Waals surface area contributed by atoms with Crippen LogP contribution in [0.5, 0.6) is 17.2 Å². The molecule has 2 rings (SSSR count). The molecule has 0 aliphatic carbocycles. The van der Waals surface area contributed by atoms with Gasteiger partial charge in [0.25, 0.3) is 5.91 Å². The highest BCUT2D eigenvalue weighted by molar-refractivity contribution is 5.95. The Bertz CT molecular complexity index is 577. The lowest BCUT2D eigenvalue weighted by Gasteiger charge is -2.34. The lowest BCUT2D eigenvalue weighted by Crippen LogP contribution is -2.42. The summed E-state index contributed by atoms with van der Waals surface area (Å²) in [5.41, 5.74) is 0.662. The fourth-order valence-corrected chi connectivity index (χ4v) is 3.12. The number of amides is 1. The summed E-state index contributed by atoms with van der Waals surface area (Å²) in [5, 5.41) is 6.44. The summed E-state index contributed by atoms with van der Waals surface area (Å²) in [4.78, 5) is 12.7. The minimum Gasteiger partial charge on any atom is -0.490 e. The van der Waals surface area contributed by atoms with Crippen LogP contribution in [0, 0.1) is 5.41 Å². The summed E-state index contributed by atoms with van der Waals surface area (Å²) in [7, 11) is 0. The lowest BCUT2D eigenvalue weighted by atomic mass is 9.81. The number of benzene rings is 1. The van der Waals surface area contributed by atoms with Crippen LogP contribution in [-0.2, 0) is 0 Å². The van der Waals surface area contributed by atoms with Gasteiger partial charge in [0.15, 0.2) is 11.5 Å². The summed E-state index contributed by atoms with van der Waals surface area (Å²) < 4.78 is 17.1. The van der Waals surface area contributed by atoms with Crippen LogP contribution in [0.25, 0.3) is 0 Å². The molecular formula is C20H33ClN2O4.